The molecule has 2 rings (SSSR count). The van der Waals surface area contributed by atoms with E-state index in [9.17, 15) is 4.79 Å². The number of thiazole rings is 1. The number of hydrogen-bond donors (Lipinski definition) is 0. The minimum atomic E-state index is 0.0187. The number of ether oxygens (including phenoxy) is 2. The van der Waals surface area contributed by atoms with E-state index in [4.69, 9.17) is 9.47 Å². The van der Waals surface area contributed by atoms with Gasteiger partial charge >= 0.3 is 0 Å². The van der Waals surface area contributed by atoms with Crippen LogP contribution in [0.4, 0.5) is 0 Å². The minimum absolute atomic E-state index is 0.0187. The van der Waals surface area contributed by atoms with Crippen molar-refractivity contribution in [3.05, 3.63) is 16.1 Å². The molecule has 1 fully saturated rings. The fourth-order valence-electron chi connectivity index (χ4n) is 2.12. The summed E-state index contributed by atoms with van der Waals surface area (Å²) in [4.78, 5) is 19.1. The summed E-state index contributed by atoms with van der Waals surface area (Å²) in [6.07, 6.45) is 3.16. The maximum Gasteiger partial charge on any atom is 0.248 e. The highest BCUT2D eigenvalue weighted by atomic mass is 32.1. The molecule has 0 aliphatic carbocycles. The second-order valence-corrected chi connectivity index (χ2v) is 6.02. The molecular weight excluding hydrogens is 276 g/mol. The molecular formula is C14H22N2O3S. The first-order chi connectivity index (χ1) is 9.66. The normalized spacial score (nSPS) is 18.4. The van der Waals surface area contributed by atoms with Gasteiger partial charge in [-0.1, -0.05) is 0 Å². The molecule has 20 heavy (non-hydrogen) atoms. The van der Waals surface area contributed by atoms with Gasteiger partial charge in [0, 0.05) is 31.5 Å². The topological polar surface area (TPSA) is 51.7 Å². The molecule has 1 aromatic heterocycles. The average molecular weight is 298 g/mol. The van der Waals surface area contributed by atoms with Crippen LogP contribution in [0.15, 0.2) is 5.51 Å². The molecule has 0 aromatic carbocycles. The molecule has 1 aliphatic heterocycles. The first-order valence-corrected chi connectivity index (χ1v) is 7.87. The molecule has 0 unspecified atom stereocenters. The number of carbonyl (C=O) groups excluding carboxylic acids is 1. The van der Waals surface area contributed by atoms with E-state index in [-0.39, 0.29) is 18.6 Å². The standard InChI is InChI=1S/C14H22N2O3S/c1-11-13(20-10-15-11)5-6-16(2)14(17)9-18-8-12-4-3-7-19-12/h10,12H,3-9H2,1-2H3/t12-/m1/s1. The van der Waals surface area contributed by atoms with Gasteiger partial charge in [-0.2, -0.15) is 0 Å². The van der Waals surface area contributed by atoms with Crippen molar-refractivity contribution >= 4 is 17.2 Å². The molecule has 0 bridgehead atoms. The van der Waals surface area contributed by atoms with E-state index < -0.39 is 0 Å². The molecule has 0 saturated carbocycles. The van der Waals surface area contributed by atoms with Crippen molar-refractivity contribution in [2.45, 2.75) is 32.3 Å². The lowest BCUT2D eigenvalue weighted by Gasteiger charge is -2.17. The Labute approximate surface area is 123 Å². The first-order valence-electron chi connectivity index (χ1n) is 6.99. The third-order valence-electron chi connectivity index (χ3n) is 3.50. The zero-order valence-corrected chi connectivity index (χ0v) is 12.9. The molecule has 1 atom stereocenters. The summed E-state index contributed by atoms with van der Waals surface area (Å²) < 4.78 is 10.9. The van der Waals surface area contributed by atoms with Gasteiger partial charge in [0.25, 0.3) is 0 Å². The van der Waals surface area contributed by atoms with Gasteiger partial charge in [-0.25, -0.2) is 4.98 Å². The average Bonchev–Trinajstić information content (AvgIpc) is 3.07. The Morgan fingerprint density at radius 1 is 1.65 bits per heavy atom. The number of aromatic nitrogens is 1. The highest BCUT2D eigenvalue weighted by Crippen LogP contribution is 2.13. The third-order valence-corrected chi connectivity index (χ3v) is 4.49. The Morgan fingerprint density at radius 2 is 2.50 bits per heavy atom. The van der Waals surface area contributed by atoms with Crippen LogP contribution in [0.5, 0.6) is 0 Å². The lowest BCUT2D eigenvalue weighted by Crippen LogP contribution is -2.33. The Balaban J connectivity index is 1.62. The van der Waals surface area contributed by atoms with Crippen LogP contribution in [0.25, 0.3) is 0 Å². The fourth-order valence-corrected chi connectivity index (χ4v) is 2.89. The number of hydrogen-bond acceptors (Lipinski definition) is 5. The quantitative estimate of drug-likeness (QED) is 0.768. The van der Waals surface area contributed by atoms with Gasteiger partial charge in [0.1, 0.15) is 6.61 Å². The Bertz CT molecular complexity index is 430. The largest absolute Gasteiger partial charge is 0.376 e. The van der Waals surface area contributed by atoms with Crippen molar-refractivity contribution in [1.82, 2.24) is 9.88 Å². The van der Waals surface area contributed by atoms with Crippen molar-refractivity contribution in [3.8, 4) is 0 Å². The highest BCUT2D eigenvalue weighted by molar-refractivity contribution is 7.09. The van der Waals surface area contributed by atoms with Crippen molar-refractivity contribution < 1.29 is 14.3 Å². The van der Waals surface area contributed by atoms with Gasteiger partial charge in [0.05, 0.1) is 23.9 Å². The molecule has 2 heterocycles. The van der Waals surface area contributed by atoms with E-state index in [0.717, 1.165) is 31.6 Å². The third kappa shape index (κ3) is 4.54. The van der Waals surface area contributed by atoms with E-state index in [2.05, 4.69) is 4.98 Å². The van der Waals surface area contributed by atoms with Crippen LogP contribution >= 0.6 is 11.3 Å². The SMILES string of the molecule is Cc1ncsc1CCN(C)C(=O)COC[C@H]1CCCO1. The van der Waals surface area contributed by atoms with Crippen molar-refractivity contribution in [1.29, 1.82) is 0 Å². The molecule has 1 aliphatic rings. The van der Waals surface area contributed by atoms with Crippen LogP contribution in [0.2, 0.25) is 0 Å². The van der Waals surface area contributed by atoms with Crippen LogP contribution in [-0.2, 0) is 20.7 Å². The van der Waals surface area contributed by atoms with Crippen LogP contribution in [0, 0.1) is 6.92 Å². The van der Waals surface area contributed by atoms with Crippen molar-refractivity contribution in [3.63, 3.8) is 0 Å². The van der Waals surface area contributed by atoms with Crippen molar-refractivity contribution in [2.24, 2.45) is 0 Å². The molecule has 0 N–H and O–H groups in total. The summed E-state index contributed by atoms with van der Waals surface area (Å²) >= 11 is 1.64. The summed E-state index contributed by atoms with van der Waals surface area (Å²) in [6.45, 7) is 4.17. The van der Waals surface area contributed by atoms with Crippen LogP contribution in [0.1, 0.15) is 23.4 Å². The Hall–Kier alpha value is -0.980. The summed E-state index contributed by atoms with van der Waals surface area (Å²) in [5.74, 6) is 0.0187. The number of nitrogens with zero attached hydrogens (tertiary/aromatic N) is 2. The summed E-state index contributed by atoms with van der Waals surface area (Å²) in [6, 6.07) is 0. The summed E-state index contributed by atoms with van der Waals surface area (Å²) in [5.41, 5.74) is 2.91. The second kappa shape index (κ2) is 7.71. The molecule has 5 nitrogen and oxygen atoms in total. The minimum Gasteiger partial charge on any atom is -0.376 e. The monoisotopic (exact) mass is 298 g/mol. The van der Waals surface area contributed by atoms with Crippen LogP contribution in [-0.4, -0.2) is 55.3 Å². The van der Waals surface area contributed by atoms with Gasteiger partial charge in [-0.3, -0.25) is 4.79 Å². The number of rotatable bonds is 7. The smallest absolute Gasteiger partial charge is 0.248 e. The zero-order valence-electron chi connectivity index (χ0n) is 12.1. The fraction of sp³-hybridized carbons (Fsp3) is 0.714. The number of amides is 1. The molecule has 1 amide bonds. The Kier molecular flexibility index (Phi) is 5.94. The molecule has 6 heteroatoms. The van der Waals surface area contributed by atoms with Gasteiger partial charge in [-0.05, 0) is 19.8 Å². The molecule has 1 aromatic rings. The van der Waals surface area contributed by atoms with Gasteiger partial charge < -0.3 is 14.4 Å². The number of carbonyl (C=O) groups is 1. The number of aryl methyl sites for hydroxylation is 1. The van der Waals surface area contributed by atoms with E-state index in [1.807, 2.05) is 19.5 Å². The van der Waals surface area contributed by atoms with E-state index in [1.54, 1.807) is 16.2 Å². The number of likely N-dealkylation sites (N-methyl/N-ethyl adjacent to an activating group) is 1. The van der Waals surface area contributed by atoms with Crippen LogP contribution < -0.4 is 0 Å². The van der Waals surface area contributed by atoms with E-state index in [1.165, 1.54) is 4.88 Å². The predicted octanol–water partition coefficient (Wildman–Crippen LogP) is 1.65. The van der Waals surface area contributed by atoms with Crippen molar-refractivity contribution in [2.75, 3.05) is 33.4 Å². The first kappa shape index (κ1) is 15.4. The molecule has 1 saturated heterocycles. The van der Waals surface area contributed by atoms with E-state index in [0.29, 0.717) is 13.2 Å². The highest BCUT2D eigenvalue weighted by Gasteiger charge is 2.17. The van der Waals surface area contributed by atoms with Gasteiger partial charge in [0.2, 0.25) is 5.91 Å². The molecule has 112 valence electrons. The van der Waals surface area contributed by atoms with Gasteiger partial charge in [0.15, 0.2) is 0 Å². The molecule has 0 radical (unpaired) electrons. The maximum atomic E-state index is 11.9. The lowest BCUT2D eigenvalue weighted by molar-refractivity contribution is -0.135. The zero-order chi connectivity index (χ0) is 14.4. The van der Waals surface area contributed by atoms with Crippen LogP contribution in [0.3, 0.4) is 0 Å². The Morgan fingerprint density at radius 3 is 3.15 bits per heavy atom. The summed E-state index contributed by atoms with van der Waals surface area (Å²) in [5, 5.41) is 0. The molecule has 0 spiro atoms. The predicted molar refractivity (Wildman–Crippen MR) is 78.0 cm³/mol. The second-order valence-electron chi connectivity index (χ2n) is 5.08. The lowest BCUT2D eigenvalue weighted by atomic mass is 10.2. The summed E-state index contributed by atoms with van der Waals surface area (Å²) in [7, 11) is 1.81. The van der Waals surface area contributed by atoms with E-state index >= 15 is 0 Å². The maximum absolute atomic E-state index is 11.9. The van der Waals surface area contributed by atoms with Gasteiger partial charge in [-0.15, -0.1) is 11.3 Å².